The molecule has 0 saturated carbocycles. The molecule has 0 amide bonds. The van der Waals surface area contributed by atoms with Gasteiger partial charge in [0, 0.05) is 9.79 Å². The monoisotopic (exact) mass is 253 g/mol. The molecular formula is C16H15NS. The van der Waals surface area contributed by atoms with E-state index in [-0.39, 0.29) is 0 Å². The summed E-state index contributed by atoms with van der Waals surface area (Å²) in [5, 5.41) is 9.18. The molecule has 0 radical (unpaired) electrons. The van der Waals surface area contributed by atoms with Gasteiger partial charge >= 0.3 is 0 Å². The van der Waals surface area contributed by atoms with E-state index in [9.17, 15) is 5.26 Å². The molecule has 18 heavy (non-hydrogen) atoms. The Kier molecular flexibility index (Phi) is 3.74. The van der Waals surface area contributed by atoms with Crippen molar-refractivity contribution in [1.82, 2.24) is 0 Å². The maximum absolute atomic E-state index is 9.18. The highest BCUT2D eigenvalue weighted by atomic mass is 32.2. The normalized spacial score (nSPS) is 10.1. The molecule has 2 heteroatoms. The summed E-state index contributed by atoms with van der Waals surface area (Å²) in [4.78, 5) is 2.24. The lowest BCUT2D eigenvalue weighted by Gasteiger charge is -2.08. The van der Waals surface area contributed by atoms with E-state index in [2.05, 4.69) is 38.1 Å². The first-order chi connectivity index (χ1) is 8.60. The maximum Gasteiger partial charge on any atom is 0.100 e. The van der Waals surface area contributed by atoms with E-state index in [1.54, 1.807) is 11.8 Å². The van der Waals surface area contributed by atoms with Gasteiger partial charge in [-0.3, -0.25) is 0 Å². The van der Waals surface area contributed by atoms with Crippen LogP contribution in [0.25, 0.3) is 0 Å². The lowest BCUT2D eigenvalue weighted by atomic mass is 10.1. The van der Waals surface area contributed by atoms with Crippen LogP contribution in [0, 0.1) is 32.1 Å². The summed E-state index contributed by atoms with van der Waals surface area (Å²) in [5.74, 6) is 0. The van der Waals surface area contributed by atoms with Gasteiger partial charge in [0.25, 0.3) is 0 Å². The van der Waals surface area contributed by atoms with Crippen molar-refractivity contribution in [3.63, 3.8) is 0 Å². The summed E-state index contributed by atoms with van der Waals surface area (Å²) in [6.45, 7) is 6.19. The van der Waals surface area contributed by atoms with Crippen LogP contribution >= 0.6 is 11.8 Å². The van der Waals surface area contributed by atoms with Gasteiger partial charge in [-0.25, -0.2) is 0 Å². The molecule has 0 spiro atoms. The van der Waals surface area contributed by atoms with Gasteiger partial charge in [-0.05, 0) is 55.7 Å². The van der Waals surface area contributed by atoms with Gasteiger partial charge in [0.15, 0.2) is 0 Å². The highest BCUT2D eigenvalue weighted by molar-refractivity contribution is 7.99. The van der Waals surface area contributed by atoms with Crippen molar-refractivity contribution >= 4 is 11.8 Å². The SMILES string of the molecule is Cc1ccc(Sc2cc(C)ccc2C)c(C#N)c1. The van der Waals surface area contributed by atoms with Crippen molar-refractivity contribution in [2.24, 2.45) is 0 Å². The van der Waals surface area contributed by atoms with Crippen molar-refractivity contribution in [3.8, 4) is 6.07 Å². The fourth-order valence-corrected chi connectivity index (χ4v) is 2.82. The molecular weight excluding hydrogens is 238 g/mol. The van der Waals surface area contributed by atoms with Gasteiger partial charge in [-0.1, -0.05) is 30.0 Å². The standard InChI is InChI=1S/C16H15NS/c1-11-5-7-15(14(8-11)10-17)18-16-9-12(2)4-6-13(16)3/h4-9H,1-3H3. The Morgan fingerprint density at radius 1 is 0.889 bits per heavy atom. The van der Waals surface area contributed by atoms with E-state index in [1.165, 1.54) is 16.0 Å². The van der Waals surface area contributed by atoms with E-state index in [0.29, 0.717) is 0 Å². The molecule has 0 aliphatic heterocycles. The molecule has 0 bridgehead atoms. The Hall–Kier alpha value is -1.72. The summed E-state index contributed by atoms with van der Waals surface area (Å²) < 4.78 is 0. The van der Waals surface area contributed by atoms with Crippen LogP contribution in [0.2, 0.25) is 0 Å². The van der Waals surface area contributed by atoms with E-state index in [1.807, 2.05) is 25.1 Å². The Labute approximate surface area is 112 Å². The zero-order valence-electron chi connectivity index (χ0n) is 10.8. The Balaban J connectivity index is 2.40. The molecule has 0 heterocycles. The quantitative estimate of drug-likeness (QED) is 0.778. The smallest absolute Gasteiger partial charge is 0.100 e. The first kappa shape index (κ1) is 12.7. The summed E-state index contributed by atoms with van der Waals surface area (Å²) in [6, 6.07) is 14.7. The second-order valence-corrected chi connectivity index (χ2v) is 5.57. The van der Waals surface area contributed by atoms with E-state index < -0.39 is 0 Å². The number of nitrogens with zero attached hydrogens (tertiary/aromatic N) is 1. The van der Waals surface area contributed by atoms with Crippen molar-refractivity contribution in [2.75, 3.05) is 0 Å². The third-order valence-corrected chi connectivity index (χ3v) is 4.05. The van der Waals surface area contributed by atoms with Crippen molar-refractivity contribution in [3.05, 3.63) is 58.7 Å². The van der Waals surface area contributed by atoms with Crippen molar-refractivity contribution < 1.29 is 0 Å². The van der Waals surface area contributed by atoms with E-state index in [0.717, 1.165) is 16.0 Å². The largest absolute Gasteiger partial charge is 0.192 e. The number of aryl methyl sites for hydroxylation is 3. The molecule has 1 nitrogen and oxygen atoms in total. The fraction of sp³-hybridized carbons (Fsp3) is 0.188. The van der Waals surface area contributed by atoms with Gasteiger partial charge in [0.2, 0.25) is 0 Å². The first-order valence-electron chi connectivity index (χ1n) is 5.86. The van der Waals surface area contributed by atoms with Gasteiger partial charge in [0.05, 0.1) is 5.56 Å². The predicted molar refractivity (Wildman–Crippen MR) is 75.9 cm³/mol. The van der Waals surface area contributed by atoms with Crippen LogP contribution in [0.3, 0.4) is 0 Å². The molecule has 2 aromatic carbocycles. The molecule has 0 aromatic heterocycles. The first-order valence-corrected chi connectivity index (χ1v) is 6.67. The number of hydrogen-bond acceptors (Lipinski definition) is 2. The highest BCUT2D eigenvalue weighted by Crippen LogP contribution is 2.33. The number of nitriles is 1. The minimum atomic E-state index is 0.751. The number of benzene rings is 2. The second-order valence-electron chi connectivity index (χ2n) is 4.48. The van der Waals surface area contributed by atoms with Crippen LogP contribution in [0.4, 0.5) is 0 Å². The summed E-state index contributed by atoms with van der Waals surface area (Å²) in [5.41, 5.74) is 4.36. The van der Waals surface area contributed by atoms with Crippen LogP contribution in [0.15, 0.2) is 46.2 Å². The van der Waals surface area contributed by atoms with Crippen LogP contribution in [-0.2, 0) is 0 Å². The number of hydrogen-bond donors (Lipinski definition) is 0. The van der Waals surface area contributed by atoms with Crippen molar-refractivity contribution in [2.45, 2.75) is 30.6 Å². The summed E-state index contributed by atoms with van der Waals surface area (Å²) in [6.07, 6.45) is 0. The Bertz CT molecular complexity index is 623. The fourth-order valence-electron chi connectivity index (χ4n) is 1.76. The second kappa shape index (κ2) is 5.29. The molecule has 2 aromatic rings. The third kappa shape index (κ3) is 2.75. The maximum atomic E-state index is 9.18. The molecule has 0 unspecified atom stereocenters. The molecule has 0 N–H and O–H groups in total. The molecule has 0 aliphatic rings. The van der Waals surface area contributed by atoms with Gasteiger partial charge < -0.3 is 0 Å². The topological polar surface area (TPSA) is 23.8 Å². The van der Waals surface area contributed by atoms with Crippen LogP contribution in [-0.4, -0.2) is 0 Å². The highest BCUT2D eigenvalue weighted by Gasteiger charge is 2.06. The van der Waals surface area contributed by atoms with Crippen molar-refractivity contribution in [1.29, 1.82) is 5.26 Å². The van der Waals surface area contributed by atoms with E-state index in [4.69, 9.17) is 0 Å². The average molecular weight is 253 g/mol. The van der Waals surface area contributed by atoms with Gasteiger partial charge in [-0.15, -0.1) is 0 Å². The minimum Gasteiger partial charge on any atom is -0.192 e. The Morgan fingerprint density at radius 3 is 2.28 bits per heavy atom. The number of rotatable bonds is 2. The lowest BCUT2D eigenvalue weighted by Crippen LogP contribution is -1.86. The van der Waals surface area contributed by atoms with Crippen LogP contribution in [0.5, 0.6) is 0 Å². The average Bonchev–Trinajstić information content (AvgIpc) is 2.36. The third-order valence-electron chi connectivity index (χ3n) is 2.82. The molecule has 90 valence electrons. The van der Waals surface area contributed by atoms with Gasteiger partial charge in [0.1, 0.15) is 6.07 Å². The van der Waals surface area contributed by atoms with Gasteiger partial charge in [-0.2, -0.15) is 5.26 Å². The molecule has 0 aliphatic carbocycles. The van der Waals surface area contributed by atoms with E-state index >= 15 is 0 Å². The molecule has 0 fully saturated rings. The summed E-state index contributed by atoms with van der Waals surface area (Å²) in [7, 11) is 0. The van der Waals surface area contributed by atoms with Crippen LogP contribution < -0.4 is 0 Å². The minimum absolute atomic E-state index is 0.751. The Morgan fingerprint density at radius 2 is 1.56 bits per heavy atom. The lowest BCUT2D eigenvalue weighted by molar-refractivity contribution is 1.24. The molecule has 0 saturated heterocycles. The summed E-state index contributed by atoms with van der Waals surface area (Å²) >= 11 is 1.67. The predicted octanol–water partition coefficient (Wildman–Crippen LogP) is 4.63. The molecule has 0 atom stereocenters. The zero-order chi connectivity index (χ0) is 13.1. The zero-order valence-corrected chi connectivity index (χ0v) is 11.6. The molecule has 2 rings (SSSR count). The van der Waals surface area contributed by atoms with Crippen LogP contribution in [0.1, 0.15) is 22.3 Å².